The molecule has 7 nitrogen and oxygen atoms in total. The number of nitrogens with zero attached hydrogens (tertiary/aromatic N) is 2. The average molecular weight is 559 g/mol. The standard InChI is InChI=1S/C22H27ClN4O3.HI/c23-17-4-1-3-16(13-17)19(27-7-11-28-12-8-27)15-25-22(24)26-18-5-6-20-21(14-18)30-10-2-9-29-20;/h1,3-6,13-14,19H,2,7-12,15H2,(H3,24,25,26);1H. The predicted molar refractivity (Wildman–Crippen MR) is 134 cm³/mol. The highest BCUT2D eigenvalue weighted by Crippen LogP contribution is 2.32. The van der Waals surface area contributed by atoms with E-state index in [2.05, 4.69) is 21.3 Å². The summed E-state index contributed by atoms with van der Waals surface area (Å²) in [6.45, 7) is 4.95. The number of nitrogens with two attached hydrogens (primary N) is 1. The number of hydrogen-bond donors (Lipinski definition) is 2. The molecule has 0 bridgehead atoms. The van der Waals surface area contributed by atoms with E-state index in [4.69, 9.17) is 31.5 Å². The zero-order valence-corrected chi connectivity index (χ0v) is 20.3. The van der Waals surface area contributed by atoms with Crippen LogP contribution in [0.1, 0.15) is 18.0 Å². The van der Waals surface area contributed by atoms with E-state index in [1.165, 1.54) is 0 Å². The molecular weight excluding hydrogens is 531 g/mol. The van der Waals surface area contributed by atoms with E-state index in [1.54, 1.807) is 0 Å². The van der Waals surface area contributed by atoms with Gasteiger partial charge in [0, 0.05) is 36.3 Å². The van der Waals surface area contributed by atoms with Gasteiger partial charge in [-0.05, 0) is 29.8 Å². The molecule has 2 aliphatic rings. The topological polar surface area (TPSA) is 81.3 Å². The van der Waals surface area contributed by atoms with Gasteiger partial charge in [-0.2, -0.15) is 0 Å². The highest BCUT2D eigenvalue weighted by atomic mass is 127. The van der Waals surface area contributed by atoms with Crippen LogP contribution in [0.5, 0.6) is 11.5 Å². The van der Waals surface area contributed by atoms with Crippen LogP contribution in [0.4, 0.5) is 5.69 Å². The van der Waals surface area contributed by atoms with E-state index in [0.717, 1.165) is 42.3 Å². The minimum Gasteiger partial charge on any atom is -0.490 e. The molecule has 0 saturated carbocycles. The molecular formula is C22H28ClIN4O3. The SMILES string of the molecule is I.NC(=NCC(c1cccc(Cl)c1)N1CCOCC1)Nc1ccc2c(c1)OCCCO2. The number of guanidine groups is 1. The fraction of sp³-hybridized carbons (Fsp3) is 0.409. The molecule has 2 aromatic rings. The zero-order chi connectivity index (χ0) is 20.8. The summed E-state index contributed by atoms with van der Waals surface area (Å²) < 4.78 is 16.9. The number of nitrogens with one attached hydrogen (secondary N) is 1. The van der Waals surface area contributed by atoms with Gasteiger partial charge < -0.3 is 25.3 Å². The molecule has 0 amide bonds. The van der Waals surface area contributed by atoms with Gasteiger partial charge in [-0.1, -0.05) is 23.7 Å². The van der Waals surface area contributed by atoms with E-state index >= 15 is 0 Å². The fourth-order valence-corrected chi connectivity index (χ4v) is 3.85. The number of halogens is 2. The zero-order valence-electron chi connectivity index (χ0n) is 17.3. The Labute approximate surface area is 204 Å². The van der Waals surface area contributed by atoms with Crippen LogP contribution in [0.25, 0.3) is 0 Å². The molecule has 2 aromatic carbocycles. The molecule has 0 aromatic heterocycles. The summed E-state index contributed by atoms with van der Waals surface area (Å²) in [5, 5.41) is 3.87. The number of hydrogen-bond acceptors (Lipinski definition) is 5. The lowest BCUT2D eigenvalue weighted by molar-refractivity contribution is 0.0180. The molecule has 3 N–H and O–H groups in total. The molecule has 0 spiro atoms. The maximum atomic E-state index is 6.23. The van der Waals surface area contributed by atoms with Gasteiger partial charge in [0.2, 0.25) is 0 Å². The normalized spacial score (nSPS) is 17.9. The molecule has 0 radical (unpaired) electrons. The summed E-state index contributed by atoms with van der Waals surface area (Å²) in [7, 11) is 0. The average Bonchev–Trinajstić information content (AvgIpc) is 3.00. The van der Waals surface area contributed by atoms with Crippen LogP contribution in [-0.4, -0.2) is 56.9 Å². The quantitative estimate of drug-likeness (QED) is 0.329. The van der Waals surface area contributed by atoms with Crippen molar-refractivity contribution in [2.75, 3.05) is 51.4 Å². The van der Waals surface area contributed by atoms with E-state index in [9.17, 15) is 0 Å². The van der Waals surface area contributed by atoms with Crippen molar-refractivity contribution in [3.05, 3.63) is 53.1 Å². The molecule has 9 heteroatoms. The highest BCUT2D eigenvalue weighted by molar-refractivity contribution is 14.0. The summed E-state index contributed by atoms with van der Waals surface area (Å²) in [6, 6.07) is 13.7. The van der Waals surface area contributed by atoms with Crippen molar-refractivity contribution in [2.24, 2.45) is 10.7 Å². The lowest BCUT2D eigenvalue weighted by atomic mass is 10.0. The minimum atomic E-state index is 0. The predicted octanol–water partition coefficient (Wildman–Crippen LogP) is 3.92. The molecule has 1 atom stereocenters. The molecule has 2 aliphatic heterocycles. The first kappa shape index (κ1) is 23.9. The Hall–Kier alpha value is -1.75. The summed E-state index contributed by atoms with van der Waals surface area (Å²) in [4.78, 5) is 6.98. The Bertz CT molecular complexity index is 893. The van der Waals surface area contributed by atoms with Crippen molar-refractivity contribution < 1.29 is 14.2 Å². The lowest BCUT2D eigenvalue weighted by Crippen LogP contribution is -2.40. The Balaban J connectivity index is 0.00000272. The summed E-state index contributed by atoms with van der Waals surface area (Å²) in [5.74, 6) is 1.82. The Morgan fingerprint density at radius 2 is 1.84 bits per heavy atom. The lowest BCUT2D eigenvalue weighted by Gasteiger charge is -2.34. The smallest absolute Gasteiger partial charge is 0.193 e. The molecule has 1 saturated heterocycles. The summed E-state index contributed by atoms with van der Waals surface area (Å²) in [5.41, 5.74) is 8.13. The molecule has 1 unspecified atom stereocenters. The van der Waals surface area contributed by atoms with E-state index in [1.807, 2.05) is 36.4 Å². The number of ether oxygens (including phenoxy) is 3. The van der Waals surface area contributed by atoms with Crippen LogP contribution < -0.4 is 20.5 Å². The Morgan fingerprint density at radius 3 is 2.61 bits per heavy atom. The number of morpholine rings is 1. The van der Waals surface area contributed by atoms with Crippen LogP contribution in [0.15, 0.2) is 47.5 Å². The second-order valence-corrected chi connectivity index (χ2v) is 7.72. The van der Waals surface area contributed by atoms with Gasteiger partial charge in [0.25, 0.3) is 0 Å². The van der Waals surface area contributed by atoms with Gasteiger partial charge in [0.15, 0.2) is 17.5 Å². The number of anilines is 1. The third kappa shape index (κ3) is 6.61. The molecule has 31 heavy (non-hydrogen) atoms. The third-order valence-corrected chi connectivity index (χ3v) is 5.41. The van der Waals surface area contributed by atoms with Crippen molar-refractivity contribution in [1.29, 1.82) is 0 Å². The van der Waals surface area contributed by atoms with Gasteiger partial charge in [0.05, 0.1) is 39.0 Å². The monoisotopic (exact) mass is 558 g/mol. The Morgan fingerprint density at radius 1 is 1.06 bits per heavy atom. The first-order chi connectivity index (χ1) is 14.7. The van der Waals surface area contributed by atoms with Crippen LogP contribution in [0, 0.1) is 0 Å². The Kier molecular flexibility index (Phi) is 9.06. The van der Waals surface area contributed by atoms with Gasteiger partial charge >= 0.3 is 0 Å². The van der Waals surface area contributed by atoms with E-state index in [0.29, 0.717) is 44.0 Å². The first-order valence-electron chi connectivity index (χ1n) is 10.2. The van der Waals surface area contributed by atoms with Crippen molar-refractivity contribution in [3.63, 3.8) is 0 Å². The molecule has 2 heterocycles. The first-order valence-corrected chi connectivity index (χ1v) is 10.6. The summed E-state index contributed by atoms with van der Waals surface area (Å²) >= 11 is 6.23. The number of rotatable bonds is 5. The van der Waals surface area contributed by atoms with Crippen LogP contribution in [0.2, 0.25) is 5.02 Å². The van der Waals surface area contributed by atoms with E-state index in [-0.39, 0.29) is 30.0 Å². The van der Waals surface area contributed by atoms with Crippen molar-refractivity contribution in [3.8, 4) is 11.5 Å². The van der Waals surface area contributed by atoms with Gasteiger partial charge in [-0.3, -0.25) is 9.89 Å². The number of fused-ring (bicyclic) bond motifs is 1. The molecule has 4 rings (SSSR count). The van der Waals surface area contributed by atoms with Gasteiger partial charge in [-0.25, -0.2) is 0 Å². The number of benzene rings is 2. The molecule has 1 fully saturated rings. The maximum Gasteiger partial charge on any atom is 0.193 e. The van der Waals surface area contributed by atoms with Crippen molar-refractivity contribution in [2.45, 2.75) is 12.5 Å². The van der Waals surface area contributed by atoms with Gasteiger partial charge in [-0.15, -0.1) is 24.0 Å². The van der Waals surface area contributed by atoms with Crippen molar-refractivity contribution in [1.82, 2.24) is 4.90 Å². The van der Waals surface area contributed by atoms with E-state index < -0.39 is 0 Å². The summed E-state index contributed by atoms with van der Waals surface area (Å²) in [6.07, 6.45) is 0.869. The van der Waals surface area contributed by atoms with Crippen molar-refractivity contribution >= 4 is 47.2 Å². The molecule has 168 valence electrons. The maximum absolute atomic E-state index is 6.23. The molecule has 0 aliphatic carbocycles. The second-order valence-electron chi connectivity index (χ2n) is 7.28. The second kappa shape index (κ2) is 11.8. The third-order valence-electron chi connectivity index (χ3n) is 5.17. The van der Waals surface area contributed by atoms with Crippen LogP contribution in [-0.2, 0) is 4.74 Å². The largest absolute Gasteiger partial charge is 0.490 e. The van der Waals surface area contributed by atoms with Gasteiger partial charge in [0.1, 0.15) is 0 Å². The minimum absolute atomic E-state index is 0. The van der Waals surface area contributed by atoms with Crippen LogP contribution >= 0.6 is 35.6 Å². The number of aliphatic imine (C=N–C) groups is 1. The fourth-order valence-electron chi connectivity index (χ4n) is 3.65. The van der Waals surface area contributed by atoms with Crippen LogP contribution in [0.3, 0.4) is 0 Å². The highest BCUT2D eigenvalue weighted by Gasteiger charge is 2.23.